The summed E-state index contributed by atoms with van der Waals surface area (Å²) >= 11 is 0. The standard InChI is InChI=1S/C35H36FN5O4/c1-2-38-22-28(35(44)45)33(42)27-17-29(36)32(18-31(27)38)39-12-14-40(15-13-39)34(43)24(19-37)16-25-21-41(20-23-8-4-3-5-9-23)30-11-7-6-10-26(25)30/h6-7,10-11,16-18,21-23H,2-5,8-9,12-15,20H2,1H3,(H,44,45)/b24-16+. The third-order valence-electron chi connectivity index (χ3n) is 9.28. The average molecular weight is 610 g/mol. The van der Waals surface area contributed by atoms with Gasteiger partial charge in [-0.1, -0.05) is 37.5 Å². The molecule has 6 rings (SSSR count). The molecule has 2 aromatic heterocycles. The second-order valence-electron chi connectivity index (χ2n) is 12.0. The van der Waals surface area contributed by atoms with E-state index in [0.29, 0.717) is 31.1 Å². The lowest BCUT2D eigenvalue weighted by Crippen LogP contribution is -2.49. The Morgan fingerprint density at radius 1 is 1.00 bits per heavy atom. The molecule has 1 saturated carbocycles. The number of amides is 1. The molecule has 10 heteroatoms. The van der Waals surface area contributed by atoms with Gasteiger partial charge in [-0.25, -0.2) is 9.18 Å². The first kappa shape index (κ1) is 30.1. The summed E-state index contributed by atoms with van der Waals surface area (Å²) in [6.07, 6.45) is 11.3. The fourth-order valence-corrected chi connectivity index (χ4v) is 6.86. The van der Waals surface area contributed by atoms with Crippen molar-refractivity contribution in [3.05, 3.63) is 81.5 Å². The van der Waals surface area contributed by atoms with Crippen molar-refractivity contribution < 1.29 is 19.1 Å². The van der Waals surface area contributed by atoms with E-state index in [1.165, 1.54) is 38.3 Å². The lowest BCUT2D eigenvalue weighted by atomic mass is 9.89. The Balaban J connectivity index is 1.21. The van der Waals surface area contributed by atoms with Crippen molar-refractivity contribution in [2.24, 2.45) is 5.92 Å². The molecule has 0 unspecified atom stereocenters. The number of carboxylic acid groups (broad SMARTS) is 1. The molecule has 2 fully saturated rings. The Labute approximate surface area is 260 Å². The van der Waals surface area contributed by atoms with Crippen LogP contribution in [0.5, 0.6) is 0 Å². The number of carboxylic acids is 1. The zero-order valence-corrected chi connectivity index (χ0v) is 25.3. The molecule has 232 valence electrons. The Hall–Kier alpha value is -4.91. The maximum Gasteiger partial charge on any atom is 0.341 e. The number of benzene rings is 2. The third-order valence-corrected chi connectivity index (χ3v) is 9.28. The number of aromatic carboxylic acids is 1. The molecule has 0 atom stereocenters. The first-order valence-electron chi connectivity index (χ1n) is 15.6. The number of carbonyl (C=O) groups is 2. The number of aromatic nitrogens is 2. The minimum Gasteiger partial charge on any atom is -0.477 e. The minimum absolute atomic E-state index is 0.00992. The van der Waals surface area contributed by atoms with Crippen molar-refractivity contribution in [2.75, 3.05) is 31.1 Å². The van der Waals surface area contributed by atoms with E-state index in [1.807, 2.05) is 30.0 Å². The Bertz CT molecular complexity index is 1920. The van der Waals surface area contributed by atoms with Gasteiger partial charge in [-0.2, -0.15) is 5.26 Å². The van der Waals surface area contributed by atoms with Gasteiger partial charge < -0.3 is 24.0 Å². The second-order valence-corrected chi connectivity index (χ2v) is 12.0. The maximum absolute atomic E-state index is 15.3. The minimum atomic E-state index is -1.36. The van der Waals surface area contributed by atoms with Gasteiger partial charge in [-0.3, -0.25) is 9.59 Å². The molecule has 0 spiro atoms. The highest BCUT2D eigenvalue weighted by Crippen LogP contribution is 2.30. The van der Waals surface area contributed by atoms with Gasteiger partial charge in [-0.05, 0) is 50.0 Å². The van der Waals surface area contributed by atoms with Crippen LogP contribution in [0.25, 0.3) is 27.9 Å². The monoisotopic (exact) mass is 609 g/mol. The number of nitrogens with zero attached hydrogens (tertiary/aromatic N) is 5. The van der Waals surface area contributed by atoms with Crippen LogP contribution in [0, 0.1) is 23.1 Å². The second kappa shape index (κ2) is 12.6. The number of pyridine rings is 1. The molecule has 1 N–H and O–H groups in total. The number of rotatable bonds is 7. The van der Waals surface area contributed by atoms with Crippen LogP contribution in [0.3, 0.4) is 0 Å². The molecule has 3 heterocycles. The number of hydrogen-bond donors (Lipinski definition) is 1. The predicted molar refractivity (Wildman–Crippen MR) is 172 cm³/mol. The van der Waals surface area contributed by atoms with E-state index < -0.39 is 22.8 Å². The van der Waals surface area contributed by atoms with Crippen LogP contribution >= 0.6 is 0 Å². The Kier molecular flexibility index (Phi) is 8.44. The lowest BCUT2D eigenvalue weighted by Gasteiger charge is -2.36. The van der Waals surface area contributed by atoms with Crippen LogP contribution in [0.15, 0.2) is 59.2 Å². The average Bonchev–Trinajstić information content (AvgIpc) is 3.40. The summed E-state index contributed by atoms with van der Waals surface area (Å²) < 4.78 is 19.2. The van der Waals surface area contributed by atoms with Crippen LogP contribution < -0.4 is 10.3 Å². The maximum atomic E-state index is 15.3. The molecule has 1 aliphatic heterocycles. The number of hydrogen-bond acceptors (Lipinski definition) is 5. The SMILES string of the molecule is CCn1cc(C(=O)O)c(=O)c2cc(F)c(N3CCN(C(=O)/C(C#N)=C/c4cn(CC5CCCCC5)c5ccccc45)CC3)cc21. The van der Waals surface area contributed by atoms with Crippen LogP contribution in [-0.4, -0.2) is 57.2 Å². The van der Waals surface area contributed by atoms with E-state index in [2.05, 4.69) is 22.9 Å². The van der Waals surface area contributed by atoms with Crippen LogP contribution in [0.2, 0.25) is 0 Å². The van der Waals surface area contributed by atoms with E-state index >= 15 is 4.39 Å². The van der Waals surface area contributed by atoms with Gasteiger partial charge >= 0.3 is 5.97 Å². The summed E-state index contributed by atoms with van der Waals surface area (Å²) in [4.78, 5) is 41.2. The number of carbonyl (C=O) groups excluding carboxylic acids is 1. The molecule has 45 heavy (non-hydrogen) atoms. The van der Waals surface area contributed by atoms with Crippen molar-refractivity contribution in [3.63, 3.8) is 0 Å². The highest BCUT2D eigenvalue weighted by atomic mass is 19.1. The summed E-state index contributed by atoms with van der Waals surface area (Å²) in [5.74, 6) is -1.72. The normalized spacial score (nSPS) is 16.3. The molecule has 0 bridgehead atoms. The number of halogens is 1. The van der Waals surface area contributed by atoms with Crippen molar-refractivity contribution >= 4 is 45.4 Å². The number of fused-ring (bicyclic) bond motifs is 2. The van der Waals surface area contributed by atoms with E-state index in [4.69, 9.17) is 0 Å². The summed E-state index contributed by atoms with van der Waals surface area (Å²) in [6.45, 7) is 4.38. The Morgan fingerprint density at radius 2 is 1.73 bits per heavy atom. The predicted octanol–water partition coefficient (Wildman–Crippen LogP) is 5.65. The van der Waals surface area contributed by atoms with E-state index in [-0.39, 0.29) is 35.6 Å². The van der Waals surface area contributed by atoms with Crippen molar-refractivity contribution in [3.8, 4) is 6.07 Å². The summed E-state index contributed by atoms with van der Waals surface area (Å²) in [6, 6.07) is 12.9. The Morgan fingerprint density at radius 3 is 2.42 bits per heavy atom. The van der Waals surface area contributed by atoms with Crippen molar-refractivity contribution in [1.29, 1.82) is 5.26 Å². The smallest absolute Gasteiger partial charge is 0.341 e. The molecule has 2 aromatic carbocycles. The fraction of sp³-hybridized carbons (Fsp3) is 0.371. The molecule has 4 aromatic rings. The zero-order valence-electron chi connectivity index (χ0n) is 25.3. The number of aryl methyl sites for hydroxylation is 1. The van der Waals surface area contributed by atoms with Gasteiger partial charge in [-0.15, -0.1) is 0 Å². The van der Waals surface area contributed by atoms with Gasteiger partial charge in [0.15, 0.2) is 0 Å². The summed E-state index contributed by atoms with van der Waals surface area (Å²) in [5.41, 5.74) is 1.59. The molecule has 0 radical (unpaired) electrons. The van der Waals surface area contributed by atoms with Crippen molar-refractivity contribution in [2.45, 2.75) is 52.1 Å². The molecular weight excluding hydrogens is 573 g/mol. The summed E-state index contributed by atoms with van der Waals surface area (Å²) in [7, 11) is 0. The zero-order chi connectivity index (χ0) is 31.7. The highest BCUT2D eigenvalue weighted by Gasteiger charge is 2.27. The van der Waals surface area contributed by atoms with Gasteiger partial charge in [0, 0.05) is 73.5 Å². The van der Waals surface area contributed by atoms with Crippen LogP contribution in [0.1, 0.15) is 54.9 Å². The quantitative estimate of drug-likeness (QED) is 0.214. The highest BCUT2D eigenvalue weighted by molar-refractivity contribution is 6.04. The largest absolute Gasteiger partial charge is 0.477 e. The van der Waals surface area contributed by atoms with Crippen LogP contribution in [-0.2, 0) is 17.9 Å². The molecule has 2 aliphatic rings. The number of nitriles is 1. The summed E-state index contributed by atoms with van der Waals surface area (Å²) in [5, 5.41) is 20.5. The van der Waals surface area contributed by atoms with Gasteiger partial charge in [0.1, 0.15) is 23.0 Å². The number of anilines is 1. The number of piperazine rings is 1. The molecule has 1 aliphatic carbocycles. The lowest BCUT2D eigenvalue weighted by molar-refractivity contribution is -0.126. The van der Waals surface area contributed by atoms with E-state index in [0.717, 1.165) is 29.1 Å². The topological polar surface area (TPSA) is 112 Å². The molecule has 9 nitrogen and oxygen atoms in total. The first-order valence-corrected chi connectivity index (χ1v) is 15.6. The molecule has 1 amide bonds. The van der Waals surface area contributed by atoms with E-state index in [9.17, 15) is 24.8 Å². The molecular formula is C35H36FN5O4. The van der Waals surface area contributed by atoms with Gasteiger partial charge in [0.2, 0.25) is 5.43 Å². The fourth-order valence-electron chi connectivity index (χ4n) is 6.86. The van der Waals surface area contributed by atoms with Crippen molar-refractivity contribution in [1.82, 2.24) is 14.0 Å². The molecule has 1 saturated heterocycles. The third kappa shape index (κ3) is 5.82. The van der Waals surface area contributed by atoms with Gasteiger partial charge in [0.25, 0.3) is 5.91 Å². The van der Waals surface area contributed by atoms with Gasteiger partial charge in [0.05, 0.1) is 11.2 Å². The number of para-hydroxylation sites is 1. The van der Waals surface area contributed by atoms with Crippen LogP contribution in [0.4, 0.5) is 10.1 Å². The first-order chi connectivity index (χ1) is 21.8. The van der Waals surface area contributed by atoms with E-state index in [1.54, 1.807) is 21.6 Å².